The largest absolute Gasteiger partial charge is 0.476 e. The fourth-order valence-corrected chi connectivity index (χ4v) is 2.80. The summed E-state index contributed by atoms with van der Waals surface area (Å²) in [6.45, 7) is 1.31. The third-order valence-corrected chi connectivity index (χ3v) is 4.06. The van der Waals surface area contributed by atoms with Crippen LogP contribution in [0.3, 0.4) is 0 Å². The normalized spacial score (nSPS) is 10.5. The minimum absolute atomic E-state index is 0.139. The third kappa shape index (κ3) is 4.13. The second-order valence-electron chi connectivity index (χ2n) is 5.98. The molecule has 0 bridgehead atoms. The van der Waals surface area contributed by atoms with Gasteiger partial charge < -0.3 is 15.2 Å². The molecular formula is C20H17N3O6. The Morgan fingerprint density at radius 2 is 1.72 bits per heavy atom. The van der Waals surface area contributed by atoms with E-state index in [-0.39, 0.29) is 34.3 Å². The summed E-state index contributed by atoms with van der Waals surface area (Å²) in [5.41, 5.74) is -0.560. The van der Waals surface area contributed by atoms with Crippen molar-refractivity contribution in [2.24, 2.45) is 0 Å². The monoisotopic (exact) mass is 395 g/mol. The Labute approximate surface area is 164 Å². The van der Waals surface area contributed by atoms with Crippen LogP contribution in [0.15, 0.2) is 53.3 Å². The number of nitrogens with one attached hydrogen (secondary N) is 1. The third-order valence-electron chi connectivity index (χ3n) is 4.06. The summed E-state index contributed by atoms with van der Waals surface area (Å²) >= 11 is 0. The highest BCUT2D eigenvalue weighted by Crippen LogP contribution is 2.17. The number of carbonyl (C=O) groups is 3. The van der Waals surface area contributed by atoms with Gasteiger partial charge in [0.05, 0.1) is 23.2 Å². The molecule has 3 aromatic rings. The van der Waals surface area contributed by atoms with E-state index in [4.69, 9.17) is 4.74 Å². The van der Waals surface area contributed by atoms with Gasteiger partial charge in [-0.25, -0.2) is 14.3 Å². The lowest BCUT2D eigenvalue weighted by Crippen LogP contribution is -2.31. The van der Waals surface area contributed by atoms with Crippen molar-refractivity contribution in [2.75, 3.05) is 11.9 Å². The number of carboxylic acids is 1. The van der Waals surface area contributed by atoms with Gasteiger partial charge in [-0.3, -0.25) is 9.59 Å². The number of nitrogens with zero attached hydrogens (tertiary/aromatic N) is 2. The predicted molar refractivity (Wildman–Crippen MR) is 104 cm³/mol. The van der Waals surface area contributed by atoms with Crippen LogP contribution >= 0.6 is 0 Å². The average Bonchev–Trinajstić information content (AvgIpc) is 2.70. The van der Waals surface area contributed by atoms with Crippen LogP contribution in [0.1, 0.15) is 27.8 Å². The highest BCUT2D eigenvalue weighted by atomic mass is 16.5. The second-order valence-corrected chi connectivity index (χ2v) is 5.98. The fourth-order valence-electron chi connectivity index (χ4n) is 2.80. The van der Waals surface area contributed by atoms with Crippen LogP contribution in [0.25, 0.3) is 10.8 Å². The molecular weight excluding hydrogens is 378 g/mol. The van der Waals surface area contributed by atoms with E-state index < -0.39 is 29.9 Å². The van der Waals surface area contributed by atoms with Crippen LogP contribution in [0, 0.1) is 0 Å². The predicted octanol–water partition coefficient (Wildman–Crippen LogP) is 1.91. The standard InChI is InChI=1S/C20H17N3O6/c1-2-29-20(28)14-9-5-6-10-15(14)21-16(24)11-23-18(25)13-8-4-3-7-12(13)17(22-23)19(26)27/h3-10H,2,11H2,1H3,(H,21,24)(H,26,27). The van der Waals surface area contributed by atoms with Gasteiger partial charge in [0.25, 0.3) is 5.56 Å². The number of benzene rings is 2. The number of aromatic nitrogens is 2. The van der Waals surface area contributed by atoms with Gasteiger partial charge in [0.2, 0.25) is 5.91 Å². The number of anilines is 1. The molecule has 0 aliphatic heterocycles. The molecule has 1 aromatic heterocycles. The number of rotatable bonds is 6. The Morgan fingerprint density at radius 1 is 1.07 bits per heavy atom. The first-order chi connectivity index (χ1) is 13.9. The molecule has 9 heteroatoms. The molecule has 0 saturated carbocycles. The highest BCUT2D eigenvalue weighted by Gasteiger charge is 2.18. The summed E-state index contributed by atoms with van der Waals surface area (Å²) in [4.78, 5) is 48.6. The number of ether oxygens (including phenoxy) is 1. The van der Waals surface area contributed by atoms with E-state index in [1.807, 2.05) is 0 Å². The van der Waals surface area contributed by atoms with Crippen LogP contribution < -0.4 is 10.9 Å². The molecule has 1 heterocycles. The van der Waals surface area contributed by atoms with Crippen LogP contribution in [0.4, 0.5) is 5.69 Å². The summed E-state index contributed by atoms with van der Waals surface area (Å²) in [7, 11) is 0. The SMILES string of the molecule is CCOC(=O)c1ccccc1NC(=O)Cn1nc(C(=O)O)c2ccccc2c1=O. The van der Waals surface area contributed by atoms with Crippen molar-refractivity contribution in [3.63, 3.8) is 0 Å². The summed E-state index contributed by atoms with van der Waals surface area (Å²) < 4.78 is 5.74. The van der Waals surface area contributed by atoms with E-state index in [0.29, 0.717) is 0 Å². The Kier molecular flexibility index (Phi) is 5.68. The minimum atomic E-state index is -1.32. The van der Waals surface area contributed by atoms with Gasteiger partial charge in [0, 0.05) is 5.39 Å². The molecule has 0 spiro atoms. The topological polar surface area (TPSA) is 128 Å². The molecule has 0 aliphatic carbocycles. The van der Waals surface area contributed by atoms with Crippen molar-refractivity contribution < 1.29 is 24.2 Å². The number of hydrogen-bond acceptors (Lipinski definition) is 6. The molecule has 2 N–H and O–H groups in total. The zero-order valence-corrected chi connectivity index (χ0v) is 15.4. The zero-order valence-electron chi connectivity index (χ0n) is 15.4. The van der Waals surface area contributed by atoms with Gasteiger partial charge in [-0.05, 0) is 25.1 Å². The van der Waals surface area contributed by atoms with Crippen LogP contribution in [0.2, 0.25) is 0 Å². The summed E-state index contributed by atoms with van der Waals surface area (Å²) in [5.74, 6) is -2.57. The van der Waals surface area contributed by atoms with Gasteiger partial charge in [-0.2, -0.15) is 5.10 Å². The molecule has 29 heavy (non-hydrogen) atoms. The number of esters is 1. The molecule has 1 amide bonds. The van der Waals surface area contributed by atoms with Crippen LogP contribution in [0.5, 0.6) is 0 Å². The number of para-hydroxylation sites is 1. The first-order valence-electron chi connectivity index (χ1n) is 8.71. The zero-order chi connectivity index (χ0) is 21.0. The van der Waals surface area contributed by atoms with Crippen molar-refractivity contribution in [1.29, 1.82) is 0 Å². The molecule has 2 aromatic carbocycles. The van der Waals surface area contributed by atoms with E-state index >= 15 is 0 Å². The maximum atomic E-state index is 12.6. The quantitative estimate of drug-likeness (QED) is 0.610. The van der Waals surface area contributed by atoms with Crippen molar-refractivity contribution in [3.05, 3.63) is 70.1 Å². The van der Waals surface area contributed by atoms with Gasteiger partial charge in [0.1, 0.15) is 6.54 Å². The minimum Gasteiger partial charge on any atom is -0.476 e. The van der Waals surface area contributed by atoms with E-state index in [9.17, 15) is 24.3 Å². The Balaban J connectivity index is 1.92. The lowest BCUT2D eigenvalue weighted by atomic mass is 10.1. The Bertz CT molecular complexity index is 1170. The molecule has 0 unspecified atom stereocenters. The number of aromatic carboxylic acids is 1. The number of hydrogen-bond donors (Lipinski definition) is 2. The number of carboxylic acid groups (broad SMARTS) is 1. The van der Waals surface area contributed by atoms with E-state index in [1.165, 1.54) is 24.3 Å². The molecule has 3 rings (SSSR count). The lowest BCUT2D eigenvalue weighted by Gasteiger charge is -2.12. The number of carbonyl (C=O) groups excluding carboxylic acids is 2. The highest BCUT2D eigenvalue weighted by molar-refractivity contribution is 6.02. The van der Waals surface area contributed by atoms with Gasteiger partial charge in [-0.15, -0.1) is 0 Å². The molecule has 0 atom stereocenters. The van der Waals surface area contributed by atoms with Crippen molar-refractivity contribution in [1.82, 2.24) is 9.78 Å². The van der Waals surface area contributed by atoms with E-state index in [2.05, 4.69) is 10.4 Å². The van der Waals surface area contributed by atoms with Gasteiger partial charge in [-0.1, -0.05) is 30.3 Å². The van der Waals surface area contributed by atoms with Crippen molar-refractivity contribution in [3.8, 4) is 0 Å². The molecule has 0 saturated heterocycles. The van der Waals surface area contributed by atoms with E-state index in [1.54, 1.807) is 31.2 Å². The maximum absolute atomic E-state index is 12.6. The molecule has 0 fully saturated rings. The summed E-state index contributed by atoms with van der Waals surface area (Å²) in [5, 5.41) is 16.1. The van der Waals surface area contributed by atoms with Crippen LogP contribution in [-0.2, 0) is 16.1 Å². The lowest BCUT2D eigenvalue weighted by molar-refractivity contribution is -0.117. The molecule has 0 aliphatic rings. The molecule has 9 nitrogen and oxygen atoms in total. The second kappa shape index (κ2) is 8.34. The van der Waals surface area contributed by atoms with E-state index in [0.717, 1.165) is 4.68 Å². The van der Waals surface area contributed by atoms with Gasteiger partial charge in [0.15, 0.2) is 5.69 Å². The first-order valence-corrected chi connectivity index (χ1v) is 8.71. The van der Waals surface area contributed by atoms with Crippen LogP contribution in [-0.4, -0.2) is 39.3 Å². The van der Waals surface area contributed by atoms with Crippen molar-refractivity contribution >= 4 is 34.3 Å². The van der Waals surface area contributed by atoms with Gasteiger partial charge >= 0.3 is 11.9 Å². The number of fused-ring (bicyclic) bond motifs is 1. The first kappa shape index (κ1) is 19.7. The molecule has 148 valence electrons. The van der Waals surface area contributed by atoms with Crippen molar-refractivity contribution in [2.45, 2.75) is 13.5 Å². The smallest absolute Gasteiger partial charge is 0.357 e. The Morgan fingerprint density at radius 3 is 2.41 bits per heavy atom. The summed E-state index contributed by atoms with van der Waals surface area (Å²) in [6, 6.07) is 12.4. The fraction of sp³-hybridized carbons (Fsp3) is 0.150. The molecule has 0 radical (unpaired) electrons. The average molecular weight is 395 g/mol. The number of amides is 1. The Hall–Kier alpha value is -4.01. The summed E-state index contributed by atoms with van der Waals surface area (Å²) in [6.07, 6.45) is 0. The maximum Gasteiger partial charge on any atom is 0.357 e.